The van der Waals surface area contributed by atoms with Gasteiger partial charge in [0, 0.05) is 0 Å². The maximum Gasteiger partial charge on any atom is 0.122 e. The van der Waals surface area contributed by atoms with Gasteiger partial charge in [0.15, 0.2) is 0 Å². The zero-order chi connectivity index (χ0) is 12.7. The Bertz CT molecular complexity index is 383. The van der Waals surface area contributed by atoms with E-state index in [4.69, 9.17) is 10.5 Å². The zero-order valence-corrected chi connectivity index (χ0v) is 11.1. The second-order valence-corrected chi connectivity index (χ2v) is 4.20. The minimum Gasteiger partial charge on any atom is -0.496 e. The molecule has 1 rings (SSSR count). The van der Waals surface area contributed by atoms with Crippen LogP contribution in [0.1, 0.15) is 37.8 Å². The third-order valence-electron chi connectivity index (χ3n) is 2.98. The quantitative estimate of drug-likeness (QED) is 0.764. The van der Waals surface area contributed by atoms with E-state index in [0.29, 0.717) is 0 Å². The highest BCUT2D eigenvalue weighted by atomic mass is 16.5. The number of rotatable bonds is 6. The van der Waals surface area contributed by atoms with Crippen LogP contribution in [0, 0.1) is 0 Å². The number of hydrogen-bond donors (Lipinski definition) is 1. The monoisotopic (exact) mass is 233 g/mol. The summed E-state index contributed by atoms with van der Waals surface area (Å²) in [5.74, 6) is 0.978. The lowest BCUT2D eigenvalue weighted by Gasteiger charge is -2.09. The molecule has 0 atom stereocenters. The maximum absolute atomic E-state index is 5.49. The fourth-order valence-corrected chi connectivity index (χ4v) is 1.85. The molecule has 2 nitrogen and oxygen atoms in total. The minimum absolute atomic E-state index is 0.757. The van der Waals surface area contributed by atoms with Crippen molar-refractivity contribution in [3.63, 3.8) is 0 Å². The van der Waals surface area contributed by atoms with E-state index in [1.165, 1.54) is 16.7 Å². The summed E-state index contributed by atoms with van der Waals surface area (Å²) < 4.78 is 5.33. The summed E-state index contributed by atoms with van der Waals surface area (Å²) >= 11 is 0. The lowest BCUT2D eigenvalue weighted by molar-refractivity contribution is 0.410. The molecule has 94 valence electrons. The topological polar surface area (TPSA) is 35.2 Å². The maximum atomic E-state index is 5.49. The fraction of sp³-hybridized carbons (Fsp3) is 0.467. The number of nitrogens with two attached hydrogens (primary N) is 1. The van der Waals surface area contributed by atoms with Gasteiger partial charge in [0.2, 0.25) is 0 Å². The summed E-state index contributed by atoms with van der Waals surface area (Å²) in [6.07, 6.45) is 5.35. The van der Waals surface area contributed by atoms with Crippen LogP contribution in [0.3, 0.4) is 0 Å². The Kier molecular flexibility index (Phi) is 5.78. The number of methoxy groups -OCH3 is 1. The highest BCUT2D eigenvalue weighted by Crippen LogP contribution is 2.24. The van der Waals surface area contributed by atoms with Gasteiger partial charge < -0.3 is 10.5 Å². The smallest absolute Gasteiger partial charge is 0.122 e. The molecular weight excluding hydrogens is 210 g/mol. The van der Waals surface area contributed by atoms with E-state index in [1.807, 2.05) is 0 Å². The molecule has 0 amide bonds. The van der Waals surface area contributed by atoms with Crippen LogP contribution in [0.2, 0.25) is 0 Å². The lowest BCUT2D eigenvalue weighted by Crippen LogP contribution is -1.96. The summed E-state index contributed by atoms with van der Waals surface area (Å²) in [5, 5.41) is 0. The van der Waals surface area contributed by atoms with Crippen molar-refractivity contribution in [2.24, 2.45) is 5.73 Å². The number of allylic oxidation sites excluding steroid dienone is 2. The molecule has 0 saturated carbocycles. The van der Waals surface area contributed by atoms with Gasteiger partial charge >= 0.3 is 0 Å². The Morgan fingerprint density at radius 2 is 2.18 bits per heavy atom. The average molecular weight is 233 g/mol. The first-order valence-electron chi connectivity index (χ1n) is 6.27. The third-order valence-corrected chi connectivity index (χ3v) is 2.98. The van der Waals surface area contributed by atoms with Crippen LogP contribution in [-0.4, -0.2) is 13.7 Å². The number of unbranched alkanes of at least 4 members (excludes halogenated alkanes) is 1. The van der Waals surface area contributed by atoms with E-state index in [1.54, 1.807) is 7.11 Å². The van der Waals surface area contributed by atoms with Crippen molar-refractivity contribution in [1.29, 1.82) is 0 Å². The predicted octanol–water partition coefficient (Wildman–Crippen LogP) is 3.40. The van der Waals surface area contributed by atoms with Gasteiger partial charge in [-0.25, -0.2) is 0 Å². The van der Waals surface area contributed by atoms with E-state index < -0.39 is 0 Å². The minimum atomic E-state index is 0.757. The van der Waals surface area contributed by atoms with Crippen LogP contribution in [0.4, 0.5) is 0 Å². The van der Waals surface area contributed by atoms with Gasteiger partial charge in [-0.05, 0) is 61.6 Å². The highest BCUT2D eigenvalue weighted by molar-refractivity contribution is 5.65. The lowest BCUT2D eigenvalue weighted by atomic mass is 10.0. The molecule has 2 N–H and O–H groups in total. The summed E-state index contributed by atoms with van der Waals surface area (Å²) in [4.78, 5) is 0. The van der Waals surface area contributed by atoms with Crippen molar-refractivity contribution in [3.05, 3.63) is 35.4 Å². The summed E-state index contributed by atoms with van der Waals surface area (Å²) in [6.45, 7) is 5.06. The molecule has 0 aliphatic rings. The number of ether oxygens (including phenoxy) is 1. The number of hydrogen-bond acceptors (Lipinski definition) is 2. The normalized spacial score (nSPS) is 11.6. The van der Waals surface area contributed by atoms with Gasteiger partial charge in [-0.1, -0.05) is 19.1 Å². The molecule has 0 radical (unpaired) electrons. The predicted molar refractivity (Wildman–Crippen MR) is 74.3 cm³/mol. The molecular formula is C15H23NO. The Hall–Kier alpha value is -1.28. The van der Waals surface area contributed by atoms with Crippen LogP contribution < -0.4 is 10.5 Å². The first kappa shape index (κ1) is 13.8. The van der Waals surface area contributed by atoms with Crippen molar-refractivity contribution in [2.75, 3.05) is 13.7 Å². The molecule has 0 bridgehead atoms. The van der Waals surface area contributed by atoms with E-state index in [-0.39, 0.29) is 0 Å². The summed E-state index contributed by atoms with van der Waals surface area (Å²) in [6, 6.07) is 6.38. The molecule has 0 aliphatic heterocycles. The molecule has 0 aliphatic carbocycles. The zero-order valence-electron chi connectivity index (χ0n) is 11.1. The molecule has 0 saturated heterocycles. The van der Waals surface area contributed by atoms with Crippen LogP contribution in [0.25, 0.3) is 5.57 Å². The van der Waals surface area contributed by atoms with Crippen LogP contribution in [-0.2, 0) is 6.42 Å². The fourth-order valence-electron chi connectivity index (χ4n) is 1.85. The SMILES string of the molecule is CCc1cc(/C(C)=C/CCCN)ccc1OC. The van der Waals surface area contributed by atoms with Crippen molar-refractivity contribution in [2.45, 2.75) is 33.1 Å². The molecule has 0 unspecified atom stereocenters. The second-order valence-electron chi connectivity index (χ2n) is 4.20. The Morgan fingerprint density at radius 1 is 1.41 bits per heavy atom. The van der Waals surface area contributed by atoms with Crippen LogP contribution in [0.5, 0.6) is 5.75 Å². The largest absolute Gasteiger partial charge is 0.496 e. The third kappa shape index (κ3) is 3.90. The summed E-state index contributed by atoms with van der Waals surface area (Å²) in [7, 11) is 1.72. The van der Waals surface area contributed by atoms with Crippen LogP contribution in [0.15, 0.2) is 24.3 Å². The van der Waals surface area contributed by atoms with E-state index >= 15 is 0 Å². The van der Waals surface area contributed by atoms with Crippen molar-refractivity contribution in [3.8, 4) is 5.75 Å². The van der Waals surface area contributed by atoms with E-state index in [9.17, 15) is 0 Å². The first-order valence-corrected chi connectivity index (χ1v) is 6.27. The van der Waals surface area contributed by atoms with Crippen molar-refractivity contribution in [1.82, 2.24) is 0 Å². The van der Waals surface area contributed by atoms with Gasteiger partial charge in [-0.3, -0.25) is 0 Å². The van der Waals surface area contributed by atoms with Gasteiger partial charge in [-0.15, -0.1) is 0 Å². The van der Waals surface area contributed by atoms with Gasteiger partial charge in [-0.2, -0.15) is 0 Å². The Morgan fingerprint density at radius 3 is 2.76 bits per heavy atom. The molecule has 1 aromatic rings. The van der Waals surface area contributed by atoms with Gasteiger partial charge in [0.25, 0.3) is 0 Å². The standard InChI is InChI=1S/C15H23NO/c1-4-13-11-14(8-9-15(13)17-3)12(2)7-5-6-10-16/h7-9,11H,4-6,10,16H2,1-3H3/b12-7+. The number of aryl methyl sites for hydroxylation is 1. The number of benzene rings is 1. The molecule has 0 spiro atoms. The molecule has 0 aromatic heterocycles. The molecule has 17 heavy (non-hydrogen) atoms. The first-order chi connectivity index (χ1) is 8.22. The van der Waals surface area contributed by atoms with Crippen molar-refractivity contribution < 1.29 is 4.74 Å². The molecule has 0 heterocycles. The second kappa shape index (κ2) is 7.13. The molecule has 1 aromatic carbocycles. The average Bonchev–Trinajstić information content (AvgIpc) is 2.38. The van der Waals surface area contributed by atoms with Gasteiger partial charge in [0.1, 0.15) is 5.75 Å². The Labute approximate surface area is 104 Å². The Balaban J connectivity index is 2.87. The van der Waals surface area contributed by atoms with E-state index in [2.05, 4.69) is 38.1 Å². The highest BCUT2D eigenvalue weighted by Gasteiger charge is 2.03. The van der Waals surface area contributed by atoms with Gasteiger partial charge in [0.05, 0.1) is 7.11 Å². The van der Waals surface area contributed by atoms with E-state index in [0.717, 1.165) is 31.6 Å². The summed E-state index contributed by atoms with van der Waals surface area (Å²) in [5.41, 5.74) is 9.34. The molecule has 0 fully saturated rings. The van der Waals surface area contributed by atoms with Crippen LogP contribution >= 0.6 is 0 Å². The molecule has 2 heteroatoms. The van der Waals surface area contributed by atoms with Crippen molar-refractivity contribution >= 4 is 5.57 Å².